The Morgan fingerprint density at radius 3 is 2.50 bits per heavy atom. The van der Waals surface area contributed by atoms with Gasteiger partial charge in [-0.2, -0.15) is 0 Å². The van der Waals surface area contributed by atoms with Gasteiger partial charge in [0.2, 0.25) is 0 Å². The Bertz CT molecular complexity index is 372. The maximum Gasteiger partial charge on any atom is 0.0656 e. The number of hydrogen-bond donors (Lipinski definition) is 2. The molecule has 0 aliphatic rings. The highest BCUT2D eigenvalue weighted by molar-refractivity contribution is 5.24. The number of likely N-dealkylation sites (N-methyl/N-ethyl adjacent to an activating group) is 1. The molecule has 0 saturated carbocycles. The van der Waals surface area contributed by atoms with Crippen molar-refractivity contribution in [3.05, 3.63) is 35.9 Å². The van der Waals surface area contributed by atoms with Gasteiger partial charge in [-0.1, -0.05) is 37.3 Å². The Hall–Kier alpha value is -0.940. The number of hydrogen-bond acceptors (Lipinski definition) is 4. The molecule has 0 fully saturated rings. The normalized spacial score (nSPS) is 16.1. The quantitative estimate of drug-likeness (QED) is 0.721. The van der Waals surface area contributed by atoms with Crippen LogP contribution in [0.3, 0.4) is 0 Å². The molecule has 1 rings (SSSR count). The van der Waals surface area contributed by atoms with Gasteiger partial charge < -0.3 is 15.6 Å². The summed E-state index contributed by atoms with van der Waals surface area (Å²) in [6, 6.07) is 10.2. The summed E-state index contributed by atoms with van der Waals surface area (Å²) in [5.41, 5.74) is 6.69. The van der Waals surface area contributed by atoms with Crippen LogP contribution in [0, 0.1) is 0 Å². The summed E-state index contributed by atoms with van der Waals surface area (Å²) in [5.74, 6) is 0. The second-order valence-corrected chi connectivity index (χ2v) is 5.36. The van der Waals surface area contributed by atoms with E-state index < -0.39 is 5.54 Å². The topological polar surface area (TPSA) is 58.7 Å². The summed E-state index contributed by atoms with van der Waals surface area (Å²) in [5, 5.41) is 9.70. The maximum atomic E-state index is 9.70. The molecular formula is C16H28N2O2. The molecule has 0 radical (unpaired) electrons. The predicted octanol–water partition coefficient (Wildman–Crippen LogP) is 1.58. The molecule has 0 aromatic heterocycles. The molecule has 4 heteroatoms. The zero-order chi connectivity index (χ0) is 15.0. The second-order valence-electron chi connectivity index (χ2n) is 5.36. The zero-order valence-electron chi connectivity index (χ0n) is 12.9. The van der Waals surface area contributed by atoms with Gasteiger partial charge in [-0.05, 0) is 25.5 Å². The van der Waals surface area contributed by atoms with Crippen LogP contribution in [-0.4, -0.2) is 49.5 Å². The number of nitrogens with zero attached hydrogens (tertiary/aromatic N) is 1. The molecule has 0 bridgehead atoms. The van der Waals surface area contributed by atoms with Crippen LogP contribution in [0.1, 0.15) is 25.8 Å². The van der Waals surface area contributed by atoms with Gasteiger partial charge in [0.25, 0.3) is 0 Å². The molecule has 1 aromatic carbocycles. The molecule has 4 nitrogen and oxygen atoms in total. The number of aliphatic hydroxyl groups is 1. The van der Waals surface area contributed by atoms with Crippen LogP contribution in [-0.2, 0) is 10.3 Å². The van der Waals surface area contributed by atoms with E-state index in [4.69, 9.17) is 10.5 Å². The molecule has 0 aliphatic carbocycles. The van der Waals surface area contributed by atoms with Gasteiger partial charge in [0.05, 0.1) is 18.8 Å². The third-order valence-electron chi connectivity index (χ3n) is 3.91. The smallest absolute Gasteiger partial charge is 0.0656 e. The summed E-state index contributed by atoms with van der Waals surface area (Å²) < 4.78 is 5.21. The van der Waals surface area contributed by atoms with E-state index in [1.165, 1.54) is 0 Å². The molecule has 114 valence electrons. The highest BCUT2D eigenvalue weighted by Crippen LogP contribution is 2.22. The Labute approximate surface area is 122 Å². The van der Waals surface area contributed by atoms with E-state index in [0.717, 1.165) is 25.1 Å². The first-order valence-electron chi connectivity index (χ1n) is 7.25. The van der Waals surface area contributed by atoms with Crippen LogP contribution in [0.25, 0.3) is 0 Å². The minimum absolute atomic E-state index is 0.0484. The van der Waals surface area contributed by atoms with Crippen molar-refractivity contribution in [1.82, 2.24) is 4.90 Å². The van der Waals surface area contributed by atoms with Crippen molar-refractivity contribution in [2.75, 3.05) is 33.4 Å². The summed E-state index contributed by atoms with van der Waals surface area (Å²) in [4.78, 5) is 2.32. The monoisotopic (exact) mass is 280 g/mol. The maximum absolute atomic E-state index is 9.70. The lowest BCUT2D eigenvalue weighted by Gasteiger charge is -2.33. The Balaban J connectivity index is 2.68. The van der Waals surface area contributed by atoms with Crippen molar-refractivity contribution >= 4 is 0 Å². The fraction of sp³-hybridized carbons (Fsp3) is 0.625. The number of aliphatic hydroxyl groups excluding tert-OH is 1. The van der Waals surface area contributed by atoms with Gasteiger partial charge in [-0.3, -0.25) is 4.90 Å². The van der Waals surface area contributed by atoms with E-state index in [9.17, 15) is 5.11 Å². The van der Waals surface area contributed by atoms with Crippen molar-refractivity contribution in [2.45, 2.75) is 31.8 Å². The molecule has 0 spiro atoms. The average molecular weight is 280 g/mol. The van der Waals surface area contributed by atoms with E-state index in [1.807, 2.05) is 30.3 Å². The number of ether oxygens (including phenoxy) is 1. The van der Waals surface area contributed by atoms with Crippen molar-refractivity contribution in [1.29, 1.82) is 0 Å². The number of nitrogens with two attached hydrogens (primary N) is 1. The predicted molar refractivity (Wildman–Crippen MR) is 82.6 cm³/mol. The van der Waals surface area contributed by atoms with E-state index in [2.05, 4.69) is 18.7 Å². The molecule has 3 N–H and O–H groups in total. The van der Waals surface area contributed by atoms with Crippen molar-refractivity contribution < 1.29 is 9.84 Å². The third-order valence-corrected chi connectivity index (χ3v) is 3.91. The zero-order valence-corrected chi connectivity index (χ0v) is 12.9. The van der Waals surface area contributed by atoms with Crippen LogP contribution in [0.15, 0.2) is 30.3 Å². The molecule has 0 heterocycles. The SMILES string of the molecule is CCN(CCC(N)(CO)c1ccccc1)C(C)COC. The van der Waals surface area contributed by atoms with E-state index in [0.29, 0.717) is 12.6 Å². The second kappa shape index (κ2) is 8.37. The molecule has 0 amide bonds. The van der Waals surface area contributed by atoms with Gasteiger partial charge in [-0.15, -0.1) is 0 Å². The van der Waals surface area contributed by atoms with Gasteiger partial charge >= 0.3 is 0 Å². The minimum atomic E-state index is -0.679. The Morgan fingerprint density at radius 1 is 1.35 bits per heavy atom. The van der Waals surface area contributed by atoms with Crippen molar-refractivity contribution in [3.63, 3.8) is 0 Å². The molecule has 0 aliphatic heterocycles. The number of rotatable bonds is 9. The lowest BCUT2D eigenvalue weighted by atomic mass is 9.88. The lowest BCUT2D eigenvalue weighted by Crippen LogP contribution is -2.45. The first kappa shape index (κ1) is 17.1. The average Bonchev–Trinajstić information content (AvgIpc) is 2.48. The van der Waals surface area contributed by atoms with Crippen LogP contribution in [0.4, 0.5) is 0 Å². The molecule has 2 atom stereocenters. The summed E-state index contributed by atoms with van der Waals surface area (Å²) in [6.45, 7) is 6.72. The van der Waals surface area contributed by atoms with Crippen LogP contribution >= 0.6 is 0 Å². The Morgan fingerprint density at radius 2 is 2.00 bits per heavy atom. The first-order chi connectivity index (χ1) is 9.57. The van der Waals surface area contributed by atoms with Crippen molar-refractivity contribution in [2.24, 2.45) is 5.73 Å². The van der Waals surface area contributed by atoms with E-state index >= 15 is 0 Å². The standard InChI is InChI=1S/C16H28N2O2/c1-4-18(14(2)12-20-3)11-10-16(17,13-19)15-8-6-5-7-9-15/h5-9,14,19H,4,10-13,17H2,1-3H3. The van der Waals surface area contributed by atoms with Crippen LogP contribution < -0.4 is 5.73 Å². The third kappa shape index (κ3) is 4.56. The fourth-order valence-corrected chi connectivity index (χ4v) is 2.46. The summed E-state index contributed by atoms with van der Waals surface area (Å²) in [7, 11) is 1.72. The molecule has 2 unspecified atom stereocenters. The van der Waals surface area contributed by atoms with Crippen LogP contribution in [0.5, 0.6) is 0 Å². The van der Waals surface area contributed by atoms with Gasteiger partial charge in [-0.25, -0.2) is 0 Å². The highest BCUT2D eigenvalue weighted by atomic mass is 16.5. The summed E-state index contributed by atoms with van der Waals surface area (Å²) >= 11 is 0. The summed E-state index contributed by atoms with van der Waals surface area (Å²) in [6.07, 6.45) is 0.718. The van der Waals surface area contributed by atoms with E-state index in [-0.39, 0.29) is 6.61 Å². The molecule has 1 aromatic rings. The Kier molecular flexibility index (Phi) is 7.16. The molecule has 0 saturated heterocycles. The van der Waals surface area contributed by atoms with Gasteiger partial charge in [0, 0.05) is 19.7 Å². The molecule has 20 heavy (non-hydrogen) atoms. The fourth-order valence-electron chi connectivity index (χ4n) is 2.46. The van der Waals surface area contributed by atoms with Gasteiger partial charge in [0.15, 0.2) is 0 Å². The largest absolute Gasteiger partial charge is 0.394 e. The first-order valence-corrected chi connectivity index (χ1v) is 7.25. The number of methoxy groups -OCH3 is 1. The van der Waals surface area contributed by atoms with E-state index in [1.54, 1.807) is 7.11 Å². The lowest BCUT2D eigenvalue weighted by molar-refractivity contribution is 0.0900. The van der Waals surface area contributed by atoms with Crippen molar-refractivity contribution in [3.8, 4) is 0 Å². The minimum Gasteiger partial charge on any atom is -0.394 e. The molecular weight excluding hydrogens is 252 g/mol. The highest BCUT2D eigenvalue weighted by Gasteiger charge is 2.27. The van der Waals surface area contributed by atoms with Crippen LogP contribution in [0.2, 0.25) is 0 Å². The number of benzene rings is 1. The van der Waals surface area contributed by atoms with Gasteiger partial charge in [0.1, 0.15) is 0 Å².